The first-order valence-corrected chi connectivity index (χ1v) is 10.5. The van der Waals surface area contributed by atoms with E-state index in [2.05, 4.69) is 15.5 Å². The van der Waals surface area contributed by atoms with Gasteiger partial charge in [0.05, 0.1) is 0 Å². The van der Waals surface area contributed by atoms with Crippen LogP contribution in [0.25, 0.3) is 11.4 Å². The molecule has 3 N–H and O–H groups in total. The van der Waals surface area contributed by atoms with Gasteiger partial charge in [-0.2, -0.15) is 4.98 Å². The SMILES string of the molecule is N[C@@H](CC(=O)N1CCCC1CNc1nc(-c2ccccc2)no1)Cc1ccccc1F. The number of hydrogen-bond acceptors (Lipinski definition) is 6. The summed E-state index contributed by atoms with van der Waals surface area (Å²) in [5.41, 5.74) is 7.56. The summed E-state index contributed by atoms with van der Waals surface area (Å²) in [7, 11) is 0. The van der Waals surface area contributed by atoms with Gasteiger partial charge in [-0.05, 0) is 30.9 Å². The monoisotopic (exact) mass is 423 g/mol. The van der Waals surface area contributed by atoms with Gasteiger partial charge in [0, 0.05) is 37.2 Å². The standard InChI is InChI=1S/C23H26FN5O2/c24-20-11-5-4-9-17(20)13-18(25)14-21(30)29-12-6-10-19(29)15-26-23-27-22(28-31-23)16-7-2-1-3-8-16/h1-5,7-9,11,18-19H,6,10,12-15,25H2,(H,26,27,28)/t18-,19?/m1/s1. The van der Waals surface area contributed by atoms with E-state index in [9.17, 15) is 9.18 Å². The van der Waals surface area contributed by atoms with Crippen LogP contribution >= 0.6 is 0 Å². The number of halogens is 1. The number of hydrogen-bond donors (Lipinski definition) is 2. The minimum atomic E-state index is -0.428. The van der Waals surface area contributed by atoms with Crippen LogP contribution in [0.15, 0.2) is 59.1 Å². The quantitative estimate of drug-likeness (QED) is 0.577. The lowest BCUT2D eigenvalue weighted by atomic mass is 10.0. The molecule has 7 nitrogen and oxygen atoms in total. The molecular weight excluding hydrogens is 397 g/mol. The maximum atomic E-state index is 13.8. The van der Waals surface area contributed by atoms with Crippen LogP contribution in [-0.2, 0) is 11.2 Å². The highest BCUT2D eigenvalue weighted by atomic mass is 19.1. The van der Waals surface area contributed by atoms with Crippen LogP contribution in [-0.4, -0.2) is 46.1 Å². The second-order valence-electron chi connectivity index (χ2n) is 7.81. The molecule has 1 amide bonds. The maximum absolute atomic E-state index is 13.8. The Labute approximate surface area is 180 Å². The normalized spacial score (nSPS) is 17.0. The molecule has 0 spiro atoms. The van der Waals surface area contributed by atoms with Crippen molar-refractivity contribution in [2.24, 2.45) is 5.73 Å². The number of amides is 1. The van der Waals surface area contributed by atoms with Crippen molar-refractivity contribution in [3.63, 3.8) is 0 Å². The van der Waals surface area contributed by atoms with E-state index in [-0.39, 0.29) is 24.2 Å². The van der Waals surface area contributed by atoms with E-state index in [0.717, 1.165) is 18.4 Å². The van der Waals surface area contributed by atoms with Gasteiger partial charge in [0.25, 0.3) is 0 Å². The van der Waals surface area contributed by atoms with Crippen LogP contribution in [0.4, 0.5) is 10.4 Å². The second kappa shape index (κ2) is 9.70. The first-order chi connectivity index (χ1) is 15.1. The number of aromatic nitrogens is 2. The number of nitrogens with zero attached hydrogens (tertiary/aromatic N) is 3. The lowest BCUT2D eigenvalue weighted by molar-refractivity contribution is -0.132. The van der Waals surface area contributed by atoms with Crippen molar-refractivity contribution in [1.82, 2.24) is 15.0 Å². The minimum absolute atomic E-state index is 0.0105. The van der Waals surface area contributed by atoms with Crippen LogP contribution in [0.2, 0.25) is 0 Å². The molecular formula is C23H26FN5O2. The molecule has 3 aromatic rings. The highest BCUT2D eigenvalue weighted by Gasteiger charge is 2.29. The number of nitrogens with two attached hydrogens (primary N) is 1. The molecule has 1 unspecified atom stereocenters. The lowest BCUT2D eigenvalue weighted by Gasteiger charge is -2.26. The molecule has 0 bridgehead atoms. The van der Waals surface area contributed by atoms with Gasteiger partial charge in [0.15, 0.2) is 0 Å². The van der Waals surface area contributed by atoms with Crippen molar-refractivity contribution in [1.29, 1.82) is 0 Å². The molecule has 1 aliphatic rings. The molecule has 1 saturated heterocycles. The average Bonchev–Trinajstić information content (AvgIpc) is 3.44. The van der Waals surface area contributed by atoms with Crippen molar-refractivity contribution in [3.8, 4) is 11.4 Å². The van der Waals surface area contributed by atoms with E-state index in [1.54, 1.807) is 18.2 Å². The summed E-state index contributed by atoms with van der Waals surface area (Å²) >= 11 is 0. The second-order valence-corrected chi connectivity index (χ2v) is 7.81. The van der Waals surface area contributed by atoms with Gasteiger partial charge < -0.3 is 20.5 Å². The van der Waals surface area contributed by atoms with Crippen molar-refractivity contribution in [2.45, 2.75) is 37.8 Å². The van der Waals surface area contributed by atoms with Crippen LogP contribution in [0.1, 0.15) is 24.8 Å². The molecule has 0 aliphatic carbocycles. The summed E-state index contributed by atoms with van der Waals surface area (Å²) in [6.07, 6.45) is 2.34. The van der Waals surface area contributed by atoms with Gasteiger partial charge in [0.2, 0.25) is 11.7 Å². The van der Waals surface area contributed by atoms with E-state index in [0.29, 0.717) is 36.9 Å². The summed E-state index contributed by atoms with van der Waals surface area (Å²) in [6, 6.07) is 16.0. The summed E-state index contributed by atoms with van der Waals surface area (Å²) in [4.78, 5) is 19.0. The third kappa shape index (κ3) is 5.27. The molecule has 0 radical (unpaired) electrons. The Morgan fingerprint density at radius 2 is 2.00 bits per heavy atom. The van der Waals surface area contributed by atoms with Gasteiger partial charge >= 0.3 is 6.01 Å². The highest BCUT2D eigenvalue weighted by molar-refractivity contribution is 5.77. The Morgan fingerprint density at radius 3 is 2.81 bits per heavy atom. The fraction of sp³-hybridized carbons (Fsp3) is 0.348. The average molecular weight is 423 g/mol. The zero-order valence-corrected chi connectivity index (χ0v) is 17.2. The molecule has 2 heterocycles. The predicted molar refractivity (Wildman–Crippen MR) is 116 cm³/mol. The number of carbonyl (C=O) groups is 1. The summed E-state index contributed by atoms with van der Waals surface area (Å²) < 4.78 is 19.1. The van der Waals surface area contributed by atoms with Gasteiger partial charge in [-0.3, -0.25) is 4.79 Å². The first kappa shape index (κ1) is 21.0. The maximum Gasteiger partial charge on any atom is 0.321 e. The van der Waals surface area contributed by atoms with Crippen LogP contribution in [0, 0.1) is 5.82 Å². The minimum Gasteiger partial charge on any atom is -0.338 e. The fourth-order valence-corrected chi connectivity index (χ4v) is 3.94. The number of nitrogens with one attached hydrogen (secondary N) is 1. The number of benzene rings is 2. The molecule has 4 rings (SSSR count). The van der Waals surface area contributed by atoms with Crippen LogP contribution in [0.5, 0.6) is 0 Å². The Kier molecular flexibility index (Phi) is 6.57. The Morgan fingerprint density at radius 1 is 1.23 bits per heavy atom. The van der Waals surface area contributed by atoms with Gasteiger partial charge in [-0.1, -0.05) is 53.7 Å². The number of likely N-dealkylation sites (tertiary alicyclic amines) is 1. The summed E-state index contributed by atoms with van der Waals surface area (Å²) in [5.74, 6) is 0.216. The largest absolute Gasteiger partial charge is 0.338 e. The van der Waals surface area contributed by atoms with E-state index in [1.807, 2.05) is 35.2 Å². The third-order valence-electron chi connectivity index (χ3n) is 5.52. The highest BCUT2D eigenvalue weighted by Crippen LogP contribution is 2.21. The van der Waals surface area contributed by atoms with Crippen LogP contribution in [0.3, 0.4) is 0 Å². The van der Waals surface area contributed by atoms with Gasteiger partial charge in [-0.15, -0.1) is 0 Å². The molecule has 1 fully saturated rings. The van der Waals surface area contributed by atoms with Crippen molar-refractivity contribution < 1.29 is 13.7 Å². The van der Waals surface area contributed by atoms with Gasteiger partial charge in [0.1, 0.15) is 5.82 Å². The topological polar surface area (TPSA) is 97.3 Å². The molecule has 2 aromatic carbocycles. The van der Waals surface area contributed by atoms with E-state index in [4.69, 9.17) is 10.3 Å². The summed E-state index contributed by atoms with van der Waals surface area (Å²) in [6.45, 7) is 1.21. The number of anilines is 1. The van der Waals surface area contributed by atoms with E-state index < -0.39 is 6.04 Å². The molecule has 8 heteroatoms. The van der Waals surface area contributed by atoms with Crippen molar-refractivity contribution in [3.05, 3.63) is 66.0 Å². The van der Waals surface area contributed by atoms with E-state index >= 15 is 0 Å². The predicted octanol–water partition coefficient (Wildman–Crippen LogP) is 3.24. The Bertz CT molecular complexity index is 1010. The summed E-state index contributed by atoms with van der Waals surface area (Å²) in [5, 5.41) is 7.14. The zero-order valence-electron chi connectivity index (χ0n) is 17.2. The molecule has 31 heavy (non-hydrogen) atoms. The molecule has 0 saturated carbocycles. The molecule has 1 aromatic heterocycles. The lowest BCUT2D eigenvalue weighted by Crippen LogP contribution is -2.42. The first-order valence-electron chi connectivity index (χ1n) is 10.5. The van der Waals surface area contributed by atoms with Crippen molar-refractivity contribution >= 4 is 11.9 Å². The number of carbonyl (C=O) groups excluding carboxylic acids is 1. The third-order valence-corrected chi connectivity index (χ3v) is 5.52. The van der Waals surface area contributed by atoms with Crippen molar-refractivity contribution in [2.75, 3.05) is 18.4 Å². The number of rotatable bonds is 8. The molecule has 1 aliphatic heterocycles. The van der Waals surface area contributed by atoms with Gasteiger partial charge in [-0.25, -0.2) is 4.39 Å². The smallest absolute Gasteiger partial charge is 0.321 e. The van der Waals surface area contributed by atoms with E-state index in [1.165, 1.54) is 6.07 Å². The Balaban J connectivity index is 1.30. The Hall–Kier alpha value is -3.26. The molecule has 2 atom stereocenters. The molecule has 162 valence electrons. The fourth-order valence-electron chi connectivity index (χ4n) is 3.94. The van der Waals surface area contributed by atoms with Crippen LogP contribution < -0.4 is 11.1 Å². The zero-order chi connectivity index (χ0) is 21.6.